The number of aromatic nitrogens is 1. The van der Waals surface area contributed by atoms with Gasteiger partial charge in [-0.05, 0) is 36.1 Å². The second-order valence-electron chi connectivity index (χ2n) is 4.21. The molecular formula is C14H12BrNS2. The number of nitrogens with zero attached hydrogens (tertiary/aromatic N) is 1. The standard InChI is InChI=1S/C14H12BrNS2/c1-9-6-7-17-14(9)10(15)8-13-16-11-4-2-3-5-12(11)18-13/h2-7,10H,8H2,1H3. The SMILES string of the molecule is Cc1ccsc1C(Br)Cc1nc2ccccc2s1. The zero-order chi connectivity index (χ0) is 12.5. The summed E-state index contributed by atoms with van der Waals surface area (Å²) < 4.78 is 1.27. The third-order valence-corrected chi connectivity index (χ3v) is 6.15. The molecule has 0 aliphatic heterocycles. The van der Waals surface area contributed by atoms with E-state index >= 15 is 0 Å². The summed E-state index contributed by atoms with van der Waals surface area (Å²) in [6.45, 7) is 2.17. The Hall–Kier alpha value is -0.710. The van der Waals surface area contributed by atoms with Gasteiger partial charge in [0.05, 0.1) is 20.1 Å². The van der Waals surface area contributed by atoms with E-state index in [9.17, 15) is 0 Å². The van der Waals surface area contributed by atoms with Crippen molar-refractivity contribution >= 4 is 48.8 Å². The number of rotatable bonds is 3. The molecule has 2 heterocycles. The van der Waals surface area contributed by atoms with Crippen molar-refractivity contribution < 1.29 is 0 Å². The Bertz CT molecular complexity index is 638. The first kappa shape index (κ1) is 12.3. The van der Waals surface area contributed by atoms with E-state index in [-0.39, 0.29) is 0 Å². The van der Waals surface area contributed by atoms with Gasteiger partial charge in [-0.3, -0.25) is 0 Å². The summed E-state index contributed by atoms with van der Waals surface area (Å²) in [5, 5.41) is 3.35. The van der Waals surface area contributed by atoms with Gasteiger partial charge in [0, 0.05) is 11.3 Å². The summed E-state index contributed by atoms with van der Waals surface area (Å²) in [5.74, 6) is 0. The van der Waals surface area contributed by atoms with Crippen molar-refractivity contribution in [3.63, 3.8) is 0 Å². The molecule has 1 aromatic carbocycles. The minimum absolute atomic E-state index is 0.373. The number of thiophene rings is 1. The van der Waals surface area contributed by atoms with Crippen LogP contribution in [0.25, 0.3) is 10.2 Å². The lowest BCUT2D eigenvalue weighted by molar-refractivity contribution is 0.950. The van der Waals surface area contributed by atoms with Crippen LogP contribution in [0.2, 0.25) is 0 Å². The molecule has 0 bridgehead atoms. The highest BCUT2D eigenvalue weighted by Crippen LogP contribution is 2.35. The minimum atomic E-state index is 0.373. The number of hydrogen-bond acceptors (Lipinski definition) is 3. The number of para-hydroxylation sites is 1. The van der Waals surface area contributed by atoms with Crippen LogP contribution in [0.5, 0.6) is 0 Å². The number of fused-ring (bicyclic) bond motifs is 1. The fraction of sp³-hybridized carbons (Fsp3) is 0.214. The van der Waals surface area contributed by atoms with Crippen LogP contribution in [0.15, 0.2) is 35.7 Å². The van der Waals surface area contributed by atoms with Crippen molar-refractivity contribution in [1.82, 2.24) is 4.98 Å². The maximum atomic E-state index is 4.69. The van der Waals surface area contributed by atoms with Crippen LogP contribution in [0.4, 0.5) is 0 Å². The van der Waals surface area contributed by atoms with Crippen LogP contribution in [-0.4, -0.2) is 4.98 Å². The van der Waals surface area contributed by atoms with E-state index in [0.717, 1.165) is 11.9 Å². The lowest BCUT2D eigenvalue weighted by Crippen LogP contribution is -1.93. The molecule has 92 valence electrons. The average Bonchev–Trinajstić information content (AvgIpc) is 2.94. The van der Waals surface area contributed by atoms with Gasteiger partial charge in [-0.25, -0.2) is 4.98 Å². The molecule has 18 heavy (non-hydrogen) atoms. The van der Waals surface area contributed by atoms with Gasteiger partial charge in [0.25, 0.3) is 0 Å². The van der Waals surface area contributed by atoms with Crippen molar-refractivity contribution in [3.8, 4) is 0 Å². The second-order valence-corrected chi connectivity index (χ2v) is 7.38. The van der Waals surface area contributed by atoms with E-state index in [1.807, 2.05) is 17.4 Å². The molecule has 1 nitrogen and oxygen atoms in total. The van der Waals surface area contributed by atoms with Crippen LogP contribution in [-0.2, 0) is 6.42 Å². The van der Waals surface area contributed by atoms with E-state index in [1.54, 1.807) is 11.3 Å². The van der Waals surface area contributed by atoms with Crippen molar-refractivity contribution in [2.75, 3.05) is 0 Å². The fourth-order valence-electron chi connectivity index (χ4n) is 1.96. The number of thiazole rings is 1. The zero-order valence-corrected chi connectivity index (χ0v) is 13.1. The second kappa shape index (κ2) is 5.11. The van der Waals surface area contributed by atoms with Crippen LogP contribution < -0.4 is 0 Å². The summed E-state index contributed by atoms with van der Waals surface area (Å²) >= 11 is 7.39. The Morgan fingerprint density at radius 2 is 2.11 bits per heavy atom. The number of hydrogen-bond donors (Lipinski definition) is 0. The first-order valence-electron chi connectivity index (χ1n) is 5.76. The van der Waals surface area contributed by atoms with Crippen molar-refractivity contribution in [2.24, 2.45) is 0 Å². The van der Waals surface area contributed by atoms with Gasteiger partial charge in [-0.15, -0.1) is 22.7 Å². The summed E-state index contributed by atoms with van der Waals surface area (Å²) in [4.78, 5) is 6.47. The van der Waals surface area contributed by atoms with E-state index in [2.05, 4.69) is 57.5 Å². The summed E-state index contributed by atoms with van der Waals surface area (Å²) in [6, 6.07) is 10.5. The Labute approximate surface area is 123 Å². The number of alkyl halides is 1. The number of halogens is 1. The highest BCUT2D eigenvalue weighted by Gasteiger charge is 2.14. The molecule has 1 atom stereocenters. The predicted molar refractivity (Wildman–Crippen MR) is 84.0 cm³/mol. The topological polar surface area (TPSA) is 12.9 Å². The molecule has 0 spiro atoms. The first-order chi connectivity index (χ1) is 8.74. The normalized spacial score (nSPS) is 13.0. The molecule has 0 radical (unpaired) electrons. The van der Waals surface area contributed by atoms with Gasteiger partial charge in [-0.2, -0.15) is 0 Å². The molecule has 2 aromatic heterocycles. The summed E-state index contributed by atoms with van der Waals surface area (Å²) in [6.07, 6.45) is 0.959. The third kappa shape index (κ3) is 2.37. The van der Waals surface area contributed by atoms with E-state index < -0.39 is 0 Å². The zero-order valence-electron chi connectivity index (χ0n) is 9.89. The molecule has 3 rings (SSSR count). The molecule has 0 amide bonds. The molecule has 0 fully saturated rings. The lowest BCUT2D eigenvalue weighted by atomic mass is 10.2. The van der Waals surface area contributed by atoms with Gasteiger partial charge in [-0.1, -0.05) is 28.1 Å². The van der Waals surface area contributed by atoms with Crippen LogP contribution in [0, 0.1) is 6.92 Å². The lowest BCUT2D eigenvalue weighted by Gasteiger charge is -2.06. The maximum Gasteiger partial charge on any atom is 0.0953 e. The van der Waals surface area contributed by atoms with Gasteiger partial charge in [0.2, 0.25) is 0 Å². The predicted octanol–water partition coefficient (Wildman–Crippen LogP) is 5.34. The van der Waals surface area contributed by atoms with Gasteiger partial charge < -0.3 is 0 Å². The smallest absolute Gasteiger partial charge is 0.0953 e. The Kier molecular flexibility index (Phi) is 3.50. The van der Waals surface area contributed by atoms with E-state index in [4.69, 9.17) is 0 Å². The Morgan fingerprint density at radius 1 is 1.28 bits per heavy atom. The number of aryl methyl sites for hydroxylation is 1. The number of benzene rings is 1. The maximum absolute atomic E-state index is 4.69. The highest BCUT2D eigenvalue weighted by atomic mass is 79.9. The molecular weight excluding hydrogens is 326 g/mol. The molecule has 4 heteroatoms. The highest BCUT2D eigenvalue weighted by molar-refractivity contribution is 9.09. The van der Waals surface area contributed by atoms with Gasteiger partial charge >= 0.3 is 0 Å². The molecule has 0 aliphatic carbocycles. The fourth-order valence-corrected chi connectivity index (χ4v) is 5.08. The Morgan fingerprint density at radius 3 is 2.83 bits per heavy atom. The third-order valence-electron chi connectivity index (χ3n) is 2.88. The largest absolute Gasteiger partial charge is 0.241 e. The molecule has 0 saturated heterocycles. The van der Waals surface area contributed by atoms with Crippen LogP contribution in [0.3, 0.4) is 0 Å². The van der Waals surface area contributed by atoms with Gasteiger partial charge in [0.15, 0.2) is 0 Å². The quantitative estimate of drug-likeness (QED) is 0.587. The van der Waals surface area contributed by atoms with Crippen molar-refractivity contribution in [3.05, 3.63) is 51.2 Å². The van der Waals surface area contributed by atoms with Gasteiger partial charge in [0.1, 0.15) is 0 Å². The monoisotopic (exact) mass is 337 g/mol. The van der Waals surface area contributed by atoms with E-state index in [0.29, 0.717) is 4.83 Å². The summed E-state index contributed by atoms with van der Waals surface area (Å²) in [7, 11) is 0. The van der Waals surface area contributed by atoms with Crippen molar-refractivity contribution in [1.29, 1.82) is 0 Å². The molecule has 0 N–H and O–H groups in total. The minimum Gasteiger partial charge on any atom is -0.241 e. The summed E-state index contributed by atoms with van der Waals surface area (Å²) in [5.41, 5.74) is 2.48. The van der Waals surface area contributed by atoms with Crippen LogP contribution in [0.1, 0.15) is 20.3 Å². The molecule has 0 aliphatic rings. The van der Waals surface area contributed by atoms with Crippen molar-refractivity contribution in [2.45, 2.75) is 18.2 Å². The van der Waals surface area contributed by atoms with Crippen LogP contribution >= 0.6 is 38.6 Å². The van der Waals surface area contributed by atoms with E-state index in [1.165, 1.54) is 20.1 Å². The molecule has 1 unspecified atom stereocenters. The Balaban J connectivity index is 1.86. The molecule has 3 aromatic rings. The average molecular weight is 338 g/mol. The first-order valence-corrected chi connectivity index (χ1v) is 8.38. The molecule has 0 saturated carbocycles.